The molecule has 0 spiro atoms. The SMILES string of the molecule is N#C/C(=C/c1cc(Br)ccc1OCc1ccc(Br)cc1)c1cccc(F)c1. The van der Waals surface area contributed by atoms with Crippen LogP contribution >= 0.6 is 31.9 Å². The normalized spacial score (nSPS) is 11.1. The molecule has 0 bridgehead atoms. The van der Waals surface area contributed by atoms with Gasteiger partial charge in [0.05, 0.1) is 11.6 Å². The van der Waals surface area contributed by atoms with Gasteiger partial charge >= 0.3 is 0 Å². The number of rotatable bonds is 5. The summed E-state index contributed by atoms with van der Waals surface area (Å²) in [6.07, 6.45) is 1.70. The van der Waals surface area contributed by atoms with Gasteiger partial charge in [0.25, 0.3) is 0 Å². The lowest BCUT2D eigenvalue weighted by Crippen LogP contribution is -1.97. The lowest BCUT2D eigenvalue weighted by Gasteiger charge is -2.11. The van der Waals surface area contributed by atoms with Crippen LogP contribution in [0.4, 0.5) is 4.39 Å². The van der Waals surface area contributed by atoms with Gasteiger partial charge in [0.1, 0.15) is 18.2 Å². The third-order valence-electron chi connectivity index (χ3n) is 3.84. The third kappa shape index (κ3) is 5.29. The molecule has 27 heavy (non-hydrogen) atoms. The van der Waals surface area contributed by atoms with Crippen LogP contribution in [0.2, 0.25) is 0 Å². The molecule has 0 saturated carbocycles. The van der Waals surface area contributed by atoms with Crippen molar-refractivity contribution in [3.8, 4) is 11.8 Å². The molecule has 0 heterocycles. The fraction of sp³-hybridized carbons (Fsp3) is 0.0455. The van der Waals surface area contributed by atoms with Crippen molar-refractivity contribution < 1.29 is 9.13 Å². The highest BCUT2D eigenvalue weighted by atomic mass is 79.9. The van der Waals surface area contributed by atoms with Gasteiger partial charge in [-0.2, -0.15) is 5.26 Å². The molecule has 0 aliphatic carbocycles. The summed E-state index contributed by atoms with van der Waals surface area (Å²) in [4.78, 5) is 0. The first-order valence-electron chi connectivity index (χ1n) is 8.10. The molecule has 5 heteroatoms. The summed E-state index contributed by atoms with van der Waals surface area (Å²) in [6, 6.07) is 21.6. The number of hydrogen-bond acceptors (Lipinski definition) is 2. The minimum atomic E-state index is -0.380. The zero-order valence-electron chi connectivity index (χ0n) is 14.1. The van der Waals surface area contributed by atoms with Gasteiger partial charge in [-0.05, 0) is 59.7 Å². The first-order valence-corrected chi connectivity index (χ1v) is 9.68. The summed E-state index contributed by atoms with van der Waals surface area (Å²) >= 11 is 6.86. The Labute approximate surface area is 174 Å². The number of benzene rings is 3. The summed E-state index contributed by atoms with van der Waals surface area (Å²) < 4.78 is 21.3. The number of allylic oxidation sites excluding steroid dienone is 1. The van der Waals surface area contributed by atoms with E-state index >= 15 is 0 Å². The Balaban J connectivity index is 1.91. The molecule has 0 aromatic heterocycles. The molecule has 0 atom stereocenters. The summed E-state index contributed by atoms with van der Waals surface area (Å²) in [5.41, 5.74) is 2.65. The van der Waals surface area contributed by atoms with E-state index in [1.165, 1.54) is 12.1 Å². The van der Waals surface area contributed by atoms with Crippen molar-refractivity contribution in [1.82, 2.24) is 0 Å². The minimum Gasteiger partial charge on any atom is -0.488 e. The number of nitrogens with zero attached hydrogens (tertiary/aromatic N) is 1. The molecule has 3 aromatic rings. The molecule has 3 aromatic carbocycles. The number of nitriles is 1. The molecule has 0 aliphatic heterocycles. The van der Waals surface area contributed by atoms with Crippen LogP contribution in [-0.4, -0.2) is 0 Å². The molecule has 0 N–H and O–H groups in total. The van der Waals surface area contributed by atoms with Crippen molar-refractivity contribution in [2.24, 2.45) is 0 Å². The van der Waals surface area contributed by atoms with E-state index in [4.69, 9.17) is 4.74 Å². The molecule has 0 aliphatic rings. The lowest BCUT2D eigenvalue weighted by molar-refractivity contribution is 0.305. The van der Waals surface area contributed by atoms with Crippen LogP contribution in [0.15, 0.2) is 75.7 Å². The van der Waals surface area contributed by atoms with E-state index in [1.807, 2.05) is 42.5 Å². The number of halogens is 3. The first kappa shape index (κ1) is 19.3. The molecule has 0 radical (unpaired) electrons. The second-order valence-electron chi connectivity index (χ2n) is 5.78. The highest BCUT2D eigenvalue weighted by Crippen LogP contribution is 2.29. The average Bonchev–Trinajstić information content (AvgIpc) is 2.66. The standard InChI is InChI=1S/C22H14Br2FNO/c23-19-6-4-15(5-7-19)14-27-22-9-8-20(24)11-17(22)10-18(13-26)16-2-1-3-21(25)12-16/h1-12H,14H2/b18-10-. The van der Waals surface area contributed by atoms with Crippen LogP contribution in [-0.2, 0) is 6.61 Å². The Morgan fingerprint density at radius 2 is 1.74 bits per heavy atom. The van der Waals surface area contributed by atoms with Crippen molar-refractivity contribution in [3.63, 3.8) is 0 Å². The van der Waals surface area contributed by atoms with Crippen molar-refractivity contribution in [3.05, 3.63) is 98.2 Å². The molecule has 0 fully saturated rings. The van der Waals surface area contributed by atoms with E-state index in [9.17, 15) is 9.65 Å². The molecular formula is C22H14Br2FNO. The zero-order valence-corrected chi connectivity index (χ0v) is 17.3. The lowest BCUT2D eigenvalue weighted by atomic mass is 10.0. The van der Waals surface area contributed by atoms with E-state index in [0.29, 0.717) is 23.5 Å². The van der Waals surface area contributed by atoms with E-state index in [-0.39, 0.29) is 5.82 Å². The van der Waals surface area contributed by atoms with Crippen LogP contribution in [0.1, 0.15) is 16.7 Å². The maximum atomic E-state index is 13.5. The smallest absolute Gasteiger partial charge is 0.127 e. The van der Waals surface area contributed by atoms with Crippen LogP contribution < -0.4 is 4.74 Å². The Morgan fingerprint density at radius 1 is 1.00 bits per heavy atom. The van der Waals surface area contributed by atoms with Crippen molar-refractivity contribution in [2.45, 2.75) is 6.61 Å². The summed E-state index contributed by atoms with van der Waals surface area (Å²) in [5.74, 6) is 0.264. The maximum absolute atomic E-state index is 13.5. The number of ether oxygens (including phenoxy) is 1. The monoisotopic (exact) mass is 485 g/mol. The van der Waals surface area contributed by atoms with Gasteiger partial charge in [-0.15, -0.1) is 0 Å². The summed E-state index contributed by atoms with van der Waals surface area (Å²) in [6.45, 7) is 0.400. The van der Waals surface area contributed by atoms with Gasteiger partial charge in [0, 0.05) is 14.5 Å². The largest absolute Gasteiger partial charge is 0.488 e. The van der Waals surface area contributed by atoms with Gasteiger partial charge in [-0.3, -0.25) is 0 Å². The van der Waals surface area contributed by atoms with Gasteiger partial charge < -0.3 is 4.74 Å². The van der Waals surface area contributed by atoms with E-state index in [1.54, 1.807) is 18.2 Å². The molecule has 134 valence electrons. The molecule has 2 nitrogen and oxygen atoms in total. The summed E-state index contributed by atoms with van der Waals surface area (Å²) in [7, 11) is 0. The molecular weight excluding hydrogens is 473 g/mol. The Bertz CT molecular complexity index is 1020. The van der Waals surface area contributed by atoms with Crippen molar-refractivity contribution in [2.75, 3.05) is 0 Å². The maximum Gasteiger partial charge on any atom is 0.127 e. The third-order valence-corrected chi connectivity index (χ3v) is 4.86. The second-order valence-corrected chi connectivity index (χ2v) is 7.61. The molecule has 3 rings (SSSR count). The summed E-state index contributed by atoms with van der Waals surface area (Å²) in [5, 5.41) is 9.53. The topological polar surface area (TPSA) is 33.0 Å². The van der Waals surface area contributed by atoms with Gasteiger partial charge in [-0.25, -0.2) is 4.39 Å². The molecule has 0 unspecified atom stereocenters. The van der Waals surface area contributed by atoms with E-state index in [0.717, 1.165) is 20.1 Å². The fourth-order valence-electron chi connectivity index (χ4n) is 2.50. The Kier molecular flexibility index (Phi) is 6.44. The van der Waals surface area contributed by atoms with Crippen LogP contribution in [0.3, 0.4) is 0 Å². The molecule has 0 amide bonds. The van der Waals surface area contributed by atoms with Crippen LogP contribution in [0.5, 0.6) is 5.75 Å². The first-order chi connectivity index (χ1) is 13.0. The van der Waals surface area contributed by atoms with Crippen LogP contribution in [0.25, 0.3) is 11.6 Å². The van der Waals surface area contributed by atoms with Crippen molar-refractivity contribution >= 4 is 43.5 Å². The quantitative estimate of drug-likeness (QED) is 0.287. The highest BCUT2D eigenvalue weighted by molar-refractivity contribution is 9.10. The van der Waals surface area contributed by atoms with E-state index < -0.39 is 0 Å². The fourth-order valence-corrected chi connectivity index (χ4v) is 3.14. The zero-order chi connectivity index (χ0) is 19.2. The average molecular weight is 487 g/mol. The highest BCUT2D eigenvalue weighted by Gasteiger charge is 2.08. The minimum absolute atomic E-state index is 0.362. The van der Waals surface area contributed by atoms with Gasteiger partial charge in [-0.1, -0.05) is 56.1 Å². The molecule has 0 saturated heterocycles. The van der Waals surface area contributed by atoms with Gasteiger partial charge in [0.2, 0.25) is 0 Å². The van der Waals surface area contributed by atoms with Crippen molar-refractivity contribution in [1.29, 1.82) is 5.26 Å². The number of hydrogen-bond donors (Lipinski definition) is 0. The van der Waals surface area contributed by atoms with E-state index in [2.05, 4.69) is 37.9 Å². The predicted molar refractivity (Wildman–Crippen MR) is 113 cm³/mol. The Morgan fingerprint density at radius 3 is 2.44 bits per heavy atom. The second kappa shape index (κ2) is 8.98. The predicted octanol–water partition coefficient (Wildman–Crippen LogP) is 6.99. The van der Waals surface area contributed by atoms with Crippen LogP contribution in [0, 0.1) is 17.1 Å². The van der Waals surface area contributed by atoms with Gasteiger partial charge in [0.15, 0.2) is 0 Å². The Hall–Kier alpha value is -2.42.